The summed E-state index contributed by atoms with van der Waals surface area (Å²) in [4.78, 5) is 18.1. The van der Waals surface area contributed by atoms with Crippen molar-refractivity contribution in [2.24, 2.45) is 0 Å². The third-order valence-corrected chi connectivity index (χ3v) is 3.15. The fourth-order valence-corrected chi connectivity index (χ4v) is 1.98. The highest BCUT2D eigenvalue weighted by Crippen LogP contribution is 2.08. The van der Waals surface area contributed by atoms with E-state index in [2.05, 4.69) is 11.9 Å². The van der Waals surface area contributed by atoms with Crippen LogP contribution in [0.15, 0.2) is 49.1 Å². The van der Waals surface area contributed by atoms with Crippen LogP contribution in [0.2, 0.25) is 0 Å². The minimum atomic E-state index is -0.0578. The van der Waals surface area contributed by atoms with E-state index in [4.69, 9.17) is 4.74 Å². The van der Waals surface area contributed by atoms with Gasteiger partial charge < -0.3 is 9.64 Å². The average molecular weight is 287 g/mol. The van der Waals surface area contributed by atoms with Crippen molar-refractivity contribution in [1.82, 2.24) is 14.5 Å². The molecule has 2 rings (SSSR count). The van der Waals surface area contributed by atoms with Crippen LogP contribution in [-0.2, 0) is 0 Å². The molecule has 5 heteroatoms. The molecule has 1 amide bonds. The molecule has 0 saturated carbocycles. The van der Waals surface area contributed by atoms with Crippen molar-refractivity contribution in [3.8, 4) is 5.75 Å². The van der Waals surface area contributed by atoms with Gasteiger partial charge in [-0.15, -0.1) is 0 Å². The van der Waals surface area contributed by atoms with Gasteiger partial charge in [0.1, 0.15) is 18.7 Å². The number of hydrogen-bond acceptors (Lipinski definition) is 3. The normalized spacial score (nSPS) is 10.3. The highest BCUT2D eigenvalue weighted by Gasteiger charge is 2.14. The maximum atomic E-state index is 12.3. The lowest BCUT2D eigenvalue weighted by atomic mass is 10.3. The Balaban J connectivity index is 1.88. The molecule has 0 aliphatic heterocycles. The lowest BCUT2D eigenvalue weighted by Crippen LogP contribution is -2.37. The summed E-state index contributed by atoms with van der Waals surface area (Å²) in [7, 11) is 0. The van der Waals surface area contributed by atoms with Crippen LogP contribution in [-0.4, -0.2) is 40.2 Å². The molecule has 0 unspecified atom stereocenters. The number of carbonyl (C=O) groups is 1. The number of ether oxygens (including phenoxy) is 1. The molecule has 0 bridgehead atoms. The van der Waals surface area contributed by atoms with Gasteiger partial charge in [0.05, 0.1) is 6.54 Å². The number of imidazole rings is 1. The molecule has 0 radical (unpaired) electrons. The molecule has 112 valence electrons. The smallest absolute Gasteiger partial charge is 0.329 e. The fourth-order valence-electron chi connectivity index (χ4n) is 1.98. The summed E-state index contributed by atoms with van der Waals surface area (Å²) in [5.74, 6) is 0.822. The lowest BCUT2D eigenvalue weighted by molar-refractivity contribution is 0.183. The Kier molecular flexibility index (Phi) is 5.82. The molecule has 0 aliphatic rings. The van der Waals surface area contributed by atoms with Crippen LogP contribution in [0.25, 0.3) is 0 Å². The molecule has 1 aromatic heterocycles. The van der Waals surface area contributed by atoms with E-state index in [-0.39, 0.29) is 6.03 Å². The first kappa shape index (κ1) is 15.1. The van der Waals surface area contributed by atoms with E-state index >= 15 is 0 Å². The summed E-state index contributed by atoms with van der Waals surface area (Å²) in [5.41, 5.74) is 0. The number of rotatable bonds is 7. The van der Waals surface area contributed by atoms with Gasteiger partial charge >= 0.3 is 6.03 Å². The molecular weight excluding hydrogens is 266 g/mol. The fraction of sp³-hybridized carbons (Fsp3) is 0.375. The minimum Gasteiger partial charge on any atom is -0.492 e. The number of para-hydroxylation sites is 1. The standard InChI is InChI=1S/C16H21N3O2/c1-2-3-10-18(16(20)19-11-9-17-14-19)12-13-21-15-7-5-4-6-8-15/h4-9,11,14H,2-3,10,12-13H2,1H3. The van der Waals surface area contributed by atoms with Gasteiger partial charge in [-0.25, -0.2) is 9.78 Å². The summed E-state index contributed by atoms with van der Waals surface area (Å²) in [6.45, 7) is 3.88. The van der Waals surface area contributed by atoms with Gasteiger partial charge in [0.25, 0.3) is 0 Å². The molecule has 0 aliphatic carbocycles. The summed E-state index contributed by atoms with van der Waals surface area (Å²) >= 11 is 0. The number of nitrogens with zero attached hydrogens (tertiary/aromatic N) is 3. The van der Waals surface area contributed by atoms with Gasteiger partial charge in [-0.2, -0.15) is 0 Å². The third-order valence-electron chi connectivity index (χ3n) is 3.15. The molecular formula is C16H21N3O2. The zero-order valence-corrected chi connectivity index (χ0v) is 12.3. The van der Waals surface area contributed by atoms with Gasteiger partial charge in [-0.05, 0) is 18.6 Å². The van der Waals surface area contributed by atoms with E-state index in [9.17, 15) is 4.79 Å². The maximum Gasteiger partial charge on any atom is 0.329 e. The summed E-state index contributed by atoms with van der Waals surface area (Å²) in [6, 6.07) is 9.57. The van der Waals surface area contributed by atoms with Crippen molar-refractivity contribution in [3.05, 3.63) is 49.1 Å². The molecule has 0 saturated heterocycles. The zero-order valence-electron chi connectivity index (χ0n) is 12.3. The Bertz CT molecular complexity index is 526. The monoisotopic (exact) mass is 287 g/mol. The van der Waals surface area contributed by atoms with Crippen molar-refractivity contribution in [3.63, 3.8) is 0 Å². The van der Waals surface area contributed by atoms with E-state index in [0.29, 0.717) is 13.2 Å². The Hall–Kier alpha value is -2.30. The van der Waals surface area contributed by atoms with Crippen LogP contribution in [0.4, 0.5) is 4.79 Å². The van der Waals surface area contributed by atoms with Crippen LogP contribution in [0, 0.1) is 0 Å². The van der Waals surface area contributed by atoms with Crippen LogP contribution in [0.5, 0.6) is 5.75 Å². The number of aromatic nitrogens is 2. The summed E-state index contributed by atoms with van der Waals surface area (Å²) < 4.78 is 7.16. The second kappa shape index (κ2) is 8.09. The molecule has 0 N–H and O–H groups in total. The minimum absolute atomic E-state index is 0.0578. The number of unbranched alkanes of at least 4 members (excludes halogenated alkanes) is 1. The third kappa shape index (κ3) is 4.63. The topological polar surface area (TPSA) is 47.4 Å². The summed E-state index contributed by atoms with van der Waals surface area (Å²) in [5, 5.41) is 0. The molecule has 21 heavy (non-hydrogen) atoms. The maximum absolute atomic E-state index is 12.3. The van der Waals surface area contributed by atoms with Gasteiger partial charge in [0.2, 0.25) is 0 Å². The van der Waals surface area contributed by atoms with Crippen molar-refractivity contribution in [1.29, 1.82) is 0 Å². The Morgan fingerprint density at radius 1 is 1.29 bits per heavy atom. The quantitative estimate of drug-likeness (QED) is 0.786. The molecule has 0 spiro atoms. The average Bonchev–Trinajstić information content (AvgIpc) is 3.05. The lowest BCUT2D eigenvalue weighted by Gasteiger charge is -2.22. The van der Waals surface area contributed by atoms with Gasteiger partial charge in [-0.1, -0.05) is 31.5 Å². The van der Waals surface area contributed by atoms with Crippen molar-refractivity contribution in [2.45, 2.75) is 19.8 Å². The predicted octanol–water partition coefficient (Wildman–Crippen LogP) is 3.03. The molecule has 1 aromatic carbocycles. The molecule has 0 atom stereocenters. The van der Waals surface area contributed by atoms with E-state index in [1.54, 1.807) is 17.3 Å². The van der Waals surface area contributed by atoms with Crippen LogP contribution >= 0.6 is 0 Å². The first-order valence-electron chi connectivity index (χ1n) is 7.26. The van der Waals surface area contributed by atoms with Gasteiger partial charge in [-0.3, -0.25) is 4.57 Å². The molecule has 5 nitrogen and oxygen atoms in total. The van der Waals surface area contributed by atoms with Crippen LogP contribution in [0.1, 0.15) is 19.8 Å². The van der Waals surface area contributed by atoms with Crippen LogP contribution in [0.3, 0.4) is 0 Å². The van der Waals surface area contributed by atoms with Crippen molar-refractivity contribution >= 4 is 6.03 Å². The number of benzene rings is 1. The second-order valence-corrected chi connectivity index (χ2v) is 4.75. The zero-order chi connectivity index (χ0) is 14.9. The largest absolute Gasteiger partial charge is 0.492 e. The van der Waals surface area contributed by atoms with E-state index in [1.807, 2.05) is 30.3 Å². The molecule has 1 heterocycles. The summed E-state index contributed by atoms with van der Waals surface area (Å²) in [6.07, 6.45) is 6.83. The first-order valence-corrected chi connectivity index (χ1v) is 7.26. The molecule has 0 fully saturated rings. The Labute approximate surface area is 125 Å². The van der Waals surface area contributed by atoms with Gasteiger partial charge in [0, 0.05) is 18.9 Å². The highest BCUT2D eigenvalue weighted by molar-refractivity contribution is 5.76. The number of carbonyl (C=O) groups excluding carboxylic acids is 1. The second-order valence-electron chi connectivity index (χ2n) is 4.75. The Morgan fingerprint density at radius 2 is 2.10 bits per heavy atom. The van der Waals surface area contributed by atoms with E-state index < -0.39 is 0 Å². The van der Waals surface area contributed by atoms with Gasteiger partial charge in [0.15, 0.2) is 0 Å². The highest BCUT2D eigenvalue weighted by atomic mass is 16.5. The SMILES string of the molecule is CCCCN(CCOc1ccccc1)C(=O)n1ccnc1. The van der Waals surface area contributed by atoms with Crippen molar-refractivity contribution < 1.29 is 9.53 Å². The number of hydrogen-bond donors (Lipinski definition) is 0. The number of amides is 1. The predicted molar refractivity (Wildman–Crippen MR) is 81.4 cm³/mol. The molecule has 2 aromatic rings. The van der Waals surface area contributed by atoms with Crippen molar-refractivity contribution in [2.75, 3.05) is 19.7 Å². The van der Waals surface area contributed by atoms with E-state index in [0.717, 1.165) is 25.1 Å². The first-order chi connectivity index (χ1) is 10.3. The van der Waals surface area contributed by atoms with Crippen LogP contribution < -0.4 is 4.74 Å². The Morgan fingerprint density at radius 3 is 2.76 bits per heavy atom. The van der Waals surface area contributed by atoms with E-state index in [1.165, 1.54) is 10.9 Å².